The fourth-order valence-electron chi connectivity index (χ4n) is 1.73. The Morgan fingerprint density at radius 2 is 2.31 bits per heavy atom. The minimum Gasteiger partial charge on any atom is -0.383 e. The lowest BCUT2D eigenvalue weighted by Crippen LogP contribution is -1.93. The Balaban J connectivity index is 2.37. The van der Waals surface area contributed by atoms with Gasteiger partial charge in [0.2, 0.25) is 0 Å². The third-order valence-electron chi connectivity index (χ3n) is 2.56. The third-order valence-corrected chi connectivity index (χ3v) is 2.56. The normalized spacial score (nSPS) is 17.0. The maximum absolute atomic E-state index is 5.78. The molecule has 1 aliphatic carbocycles. The number of nitrogens with zero attached hydrogens (tertiary/aromatic N) is 3. The summed E-state index contributed by atoms with van der Waals surface area (Å²) in [6.45, 7) is 0. The standard InChI is InChI=1S/C8H11N5/c1-13-8-5(7(9)10-11-8)6(12-13)4-2-3-4/h4H,2-3H2,1H3,(H3,9,10,11). The van der Waals surface area contributed by atoms with E-state index in [4.69, 9.17) is 5.73 Å². The van der Waals surface area contributed by atoms with Crippen LogP contribution in [0.25, 0.3) is 11.0 Å². The van der Waals surface area contributed by atoms with E-state index in [1.165, 1.54) is 12.8 Å². The number of aryl methyl sites for hydroxylation is 1. The summed E-state index contributed by atoms with van der Waals surface area (Å²) >= 11 is 0. The minimum atomic E-state index is 0.614. The van der Waals surface area contributed by atoms with Gasteiger partial charge in [-0.1, -0.05) is 0 Å². The number of nitrogens with two attached hydrogens (primary N) is 1. The zero-order valence-corrected chi connectivity index (χ0v) is 7.41. The fourth-order valence-corrected chi connectivity index (χ4v) is 1.73. The molecule has 0 bridgehead atoms. The second-order valence-electron chi connectivity index (χ2n) is 3.62. The smallest absolute Gasteiger partial charge is 0.181 e. The number of aromatic nitrogens is 4. The molecule has 0 atom stereocenters. The molecule has 0 saturated heterocycles. The first-order valence-electron chi connectivity index (χ1n) is 4.44. The number of nitrogen functional groups attached to an aromatic ring is 1. The van der Waals surface area contributed by atoms with Crippen LogP contribution < -0.4 is 5.73 Å². The van der Waals surface area contributed by atoms with Gasteiger partial charge in [-0.05, 0) is 12.8 Å². The highest BCUT2D eigenvalue weighted by atomic mass is 15.3. The van der Waals surface area contributed by atoms with E-state index in [1.807, 2.05) is 7.05 Å². The molecule has 1 aliphatic rings. The van der Waals surface area contributed by atoms with Crippen LogP contribution in [0, 0.1) is 0 Å². The summed E-state index contributed by atoms with van der Waals surface area (Å²) in [7, 11) is 1.90. The van der Waals surface area contributed by atoms with Crippen LogP contribution in [0.2, 0.25) is 0 Å². The van der Waals surface area contributed by atoms with Gasteiger partial charge in [-0.15, -0.1) is 0 Å². The van der Waals surface area contributed by atoms with Crippen LogP contribution in [-0.2, 0) is 7.05 Å². The van der Waals surface area contributed by atoms with Crippen molar-refractivity contribution in [2.75, 3.05) is 5.73 Å². The minimum absolute atomic E-state index is 0.614. The number of fused-ring (bicyclic) bond motifs is 1. The monoisotopic (exact) mass is 177 g/mol. The lowest BCUT2D eigenvalue weighted by Gasteiger charge is -1.90. The summed E-state index contributed by atoms with van der Waals surface area (Å²) in [5.74, 6) is 1.26. The van der Waals surface area contributed by atoms with Gasteiger partial charge in [-0.3, -0.25) is 5.10 Å². The highest BCUT2D eigenvalue weighted by molar-refractivity contribution is 5.89. The average Bonchev–Trinajstić information content (AvgIpc) is 2.79. The molecule has 2 aromatic heterocycles. The zero-order valence-electron chi connectivity index (χ0n) is 7.41. The van der Waals surface area contributed by atoms with Crippen molar-refractivity contribution in [3.63, 3.8) is 0 Å². The lowest BCUT2D eigenvalue weighted by atomic mass is 10.2. The Morgan fingerprint density at radius 3 is 3.00 bits per heavy atom. The van der Waals surface area contributed by atoms with Crippen LogP contribution in [-0.4, -0.2) is 20.0 Å². The summed E-state index contributed by atoms with van der Waals surface area (Å²) in [6, 6.07) is 0. The molecule has 2 heterocycles. The van der Waals surface area contributed by atoms with Gasteiger partial charge in [0, 0.05) is 13.0 Å². The van der Waals surface area contributed by atoms with E-state index in [0.29, 0.717) is 11.7 Å². The van der Waals surface area contributed by atoms with E-state index in [1.54, 1.807) is 4.68 Å². The molecular weight excluding hydrogens is 166 g/mol. The SMILES string of the molecule is Cn1nc(C2CC2)c2c(N)[nH]nc21. The number of rotatable bonds is 1. The van der Waals surface area contributed by atoms with Gasteiger partial charge in [0.25, 0.3) is 0 Å². The van der Waals surface area contributed by atoms with Crippen molar-refractivity contribution in [1.82, 2.24) is 20.0 Å². The van der Waals surface area contributed by atoms with Crippen molar-refractivity contribution in [3.8, 4) is 0 Å². The number of H-pyrrole nitrogens is 1. The van der Waals surface area contributed by atoms with Crippen molar-refractivity contribution in [2.45, 2.75) is 18.8 Å². The van der Waals surface area contributed by atoms with Gasteiger partial charge in [-0.25, -0.2) is 4.68 Å². The first-order valence-corrected chi connectivity index (χ1v) is 4.44. The van der Waals surface area contributed by atoms with Gasteiger partial charge in [-0.2, -0.15) is 10.2 Å². The Bertz CT molecular complexity index is 462. The predicted octanol–water partition coefficient (Wildman–Crippen LogP) is 0.756. The Morgan fingerprint density at radius 1 is 1.54 bits per heavy atom. The molecule has 0 spiro atoms. The number of nitrogens with one attached hydrogen (secondary N) is 1. The molecule has 2 aromatic rings. The second kappa shape index (κ2) is 2.04. The molecule has 0 unspecified atom stereocenters. The highest BCUT2D eigenvalue weighted by Crippen LogP contribution is 2.43. The van der Waals surface area contributed by atoms with Crippen LogP contribution in [0.5, 0.6) is 0 Å². The molecule has 0 radical (unpaired) electrons. The topological polar surface area (TPSA) is 72.5 Å². The number of hydrogen-bond donors (Lipinski definition) is 2. The van der Waals surface area contributed by atoms with Gasteiger partial charge in [0.05, 0.1) is 11.1 Å². The molecule has 0 aromatic carbocycles. The molecule has 1 saturated carbocycles. The van der Waals surface area contributed by atoms with Crippen LogP contribution in [0.15, 0.2) is 0 Å². The average molecular weight is 177 g/mol. The van der Waals surface area contributed by atoms with Crippen LogP contribution >= 0.6 is 0 Å². The first-order chi connectivity index (χ1) is 6.27. The fraction of sp³-hybridized carbons (Fsp3) is 0.500. The van der Waals surface area contributed by atoms with Gasteiger partial charge < -0.3 is 5.73 Å². The molecule has 68 valence electrons. The lowest BCUT2D eigenvalue weighted by molar-refractivity contribution is 0.753. The molecule has 0 amide bonds. The first kappa shape index (κ1) is 6.94. The van der Waals surface area contributed by atoms with Crippen molar-refractivity contribution < 1.29 is 0 Å². The quantitative estimate of drug-likeness (QED) is 0.675. The summed E-state index contributed by atoms with van der Waals surface area (Å²) in [5, 5.41) is 12.3. The number of anilines is 1. The predicted molar refractivity (Wildman–Crippen MR) is 49.2 cm³/mol. The van der Waals surface area contributed by atoms with Gasteiger partial charge in [0.1, 0.15) is 5.82 Å². The maximum atomic E-state index is 5.78. The van der Waals surface area contributed by atoms with E-state index in [0.717, 1.165) is 16.7 Å². The van der Waals surface area contributed by atoms with Gasteiger partial charge >= 0.3 is 0 Å². The zero-order chi connectivity index (χ0) is 9.00. The Hall–Kier alpha value is -1.52. The van der Waals surface area contributed by atoms with Gasteiger partial charge in [0.15, 0.2) is 5.65 Å². The van der Waals surface area contributed by atoms with Crippen LogP contribution in [0.3, 0.4) is 0 Å². The molecule has 3 N–H and O–H groups in total. The van der Waals surface area contributed by atoms with E-state index in [-0.39, 0.29) is 0 Å². The number of aromatic amines is 1. The third kappa shape index (κ3) is 0.811. The van der Waals surface area contributed by atoms with E-state index in [9.17, 15) is 0 Å². The largest absolute Gasteiger partial charge is 0.383 e. The second-order valence-corrected chi connectivity index (χ2v) is 3.62. The number of hydrogen-bond acceptors (Lipinski definition) is 3. The van der Waals surface area contributed by atoms with Crippen molar-refractivity contribution >= 4 is 16.9 Å². The molecule has 5 nitrogen and oxygen atoms in total. The summed E-state index contributed by atoms with van der Waals surface area (Å²) < 4.78 is 1.79. The summed E-state index contributed by atoms with van der Waals surface area (Å²) in [4.78, 5) is 0. The van der Waals surface area contributed by atoms with Crippen molar-refractivity contribution in [2.24, 2.45) is 7.05 Å². The molecule has 13 heavy (non-hydrogen) atoms. The highest BCUT2D eigenvalue weighted by Gasteiger charge is 2.30. The van der Waals surface area contributed by atoms with E-state index < -0.39 is 0 Å². The van der Waals surface area contributed by atoms with Crippen molar-refractivity contribution in [1.29, 1.82) is 0 Å². The van der Waals surface area contributed by atoms with E-state index in [2.05, 4.69) is 15.3 Å². The van der Waals surface area contributed by atoms with Crippen molar-refractivity contribution in [3.05, 3.63) is 5.69 Å². The van der Waals surface area contributed by atoms with E-state index >= 15 is 0 Å². The molecular formula is C8H11N5. The van der Waals surface area contributed by atoms with Crippen LogP contribution in [0.1, 0.15) is 24.5 Å². The molecule has 1 fully saturated rings. The Kier molecular flexibility index (Phi) is 1.09. The Labute approximate surface area is 74.9 Å². The molecule has 0 aliphatic heterocycles. The maximum Gasteiger partial charge on any atom is 0.181 e. The summed E-state index contributed by atoms with van der Waals surface area (Å²) in [5.41, 5.74) is 7.76. The molecule has 5 heteroatoms. The molecule has 3 rings (SSSR count). The summed E-state index contributed by atoms with van der Waals surface area (Å²) in [6.07, 6.45) is 2.47. The van der Waals surface area contributed by atoms with Crippen LogP contribution in [0.4, 0.5) is 5.82 Å².